The maximum absolute atomic E-state index is 13.7. The van der Waals surface area contributed by atoms with Gasteiger partial charge in [0.15, 0.2) is 0 Å². The molecule has 0 aliphatic carbocycles. The molecule has 166 valence electrons. The third-order valence-corrected chi connectivity index (χ3v) is 7.78. The molecule has 0 unspecified atom stereocenters. The van der Waals surface area contributed by atoms with Crippen LogP contribution in [0.25, 0.3) is 0 Å². The summed E-state index contributed by atoms with van der Waals surface area (Å²) in [5, 5.41) is 0. The molecule has 0 aromatic heterocycles. The highest BCUT2D eigenvalue weighted by molar-refractivity contribution is 7.89. The second-order valence-corrected chi connectivity index (χ2v) is 10.2. The number of carbonyl (C=O) groups excluding carboxylic acids is 1. The average molecular weight is 449 g/mol. The molecule has 1 amide bonds. The molecule has 0 fully saturated rings. The van der Waals surface area contributed by atoms with Gasteiger partial charge in [-0.25, -0.2) is 8.42 Å². The predicted molar refractivity (Wildman–Crippen MR) is 127 cm³/mol. The molecule has 5 nitrogen and oxygen atoms in total. The van der Waals surface area contributed by atoms with Gasteiger partial charge in [0.25, 0.3) is 0 Å². The first-order valence-electron chi connectivity index (χ1n) is 10.9. The maximum atomic E-state index is 13.7. The van der Waals surface area contributed by atoms with Crippen LogP contribution >= 0.6 is 0 Å². The molecule has 6 heteroatoms. The Morgan fingerprint density at radius 3 is 2.22 bits per heavy atom. The number of hydrogen-bond donors (Lipinski definition) is 0. The second kappa shape index (κ2) is 9.27. The molecule has 0 saturated heterocycles. The summed E-state index contributed by atoms with van der Waals surface area (Å²) in [6, 6.07) is 24.7. The van der Waals surface area contributed by atoms with Gasteiger partial charge in [-0.15, -0.1) is 0 Å². The van der Waals surface area contributed by atoms with Gasteiger partial charge in [0, 0.05) is 31.7 Å². The molecule has 1 heterocycles. The lowest BCUT2D eigenvalue weighted by atomic mass is 10.1. The van der Waals surface area contributed by atoms with E-state index in [2.05, 4.69) is 0 Å². The van der Waals surface area contributed by atoms with Crippen LogP contribution in [-0.2, 0) is 34.2 Å². The molecule has 0 radical (unpaired) electrons. The lowest BCUT2D eigenvalue weighted by Gasteiger charge is -2.23. The van der Waals surface area contributed by atoms with E-state index in [0.717, 1.165) is 22.4 Å². The molecule has 32 heavy (non-hydrogen) atoms. The fourth-order valence-corrected chi connectivity index (χ4v) is 5.85. The highest BCUT2D eigenvalue weighted by atomic mass is 32.2. The van der Waals surface area contributed by atoms with Crippen molar-refractivity contribution in [3.8, 4) is 0 Å². The number of rotatable bonds is 7. The van der Waals surface area contributed by atoms with Gasteiger partial charge in [-0.3, -0.25) is 4.79 Å². The van der Waals surface area contributed by atoms with E-state index in [0.29, 0.717) is 25.9 Å². The summed E-state index contributed by atoms with van der Waals surface area (Å²) in [7, 11) is -3.72. The number of hydrogen-bond acceptors (Lipinski definition) is 3. The Kier molecular flexibility index (Phi) is 6.44. The van der Waals surface area contributed by atoms with Crippen LogP contribution < -0.4 is 4.90 Å². The minimum absolute atomic E-state index is 0.0268. The van der Waals surface area contributed by atoms with E-state index < -0.39 is 10.0 Å². The fraction of sp³-hybridized carbons (Fsp3) is 0.269. The van der Waals surface area contributed by atoms with Crippen molar-refractivity contribution in [3.05, 3.63) is 95.6 Å². The van der Waals surface area contributed by atoms with E-state index in [4.69, 9.17) is 0 Å². The Bertz CT molecular complexity index is 1190. The van der Waals surface area contributed by atoms with Crippen molar-refractivity contribution < 1.29 is 13.2 Å². The van der Waals surface area contributed by atoms with Crippen LogP contribution in [0.5, 0.6) is 0 Å². The van der Waals surface area contributed by atoms with Crippen molar-refractivity contribution in [1.29, 1.82) is 0 Å². The Balaban J connectivity index is 1.65. The summed E-state index contributed by atoms with van der Waals surface area (Å²) in [5.41, 5.74) is 3.75. The zero-order valence-corrected chi connectivity index (χ0v) is 19.3. The Morgan fingerprint density at radius 2 is 1.59 bits per heavy atom. The van der Waals surface area contributed by atoms with Gasteiger partial charge in [-0.2, -0.15) is 4.31 Å². The molecule has 0 bridgehead atoms. The number of anilines is 1. The van der Waals surface area contributed by atoms with Gasteiger partial charge < -0.3 is 4.90 Å². The topological polar surface area (TPSA) is 57.7 Å². The lowest BCUT2D eigenvalue weighted by Crippen LogP contribution is -2.33. The molecule has 1 aliphatic heterocycles. The fourth-order valence-electron chi connectivity index (χ4n) is 4.37. The first-order valence-corrected chi connectivity index (χ1v) is 12.3. The van der Waals surface area contributed by atoms with Gasteiger partial charge in [0.05, 0.1) is 4.90 Å². The number of fused-ring (bicyclic) bond motifs is 1. The summed E-state index contributed by atoms with van der Waals surface area (Å²) >= 11 is 0. The molecule has 3 aromatic carbocycles. The molecule has 1 atom stereocenters. The number of benzene rings is 3. The standard InChI is InChI=1S/C26H28N2O3S/c1-20-17-24-18-25(13-14-26(24)28(20)21(2)29)32(30,31)27(19-23-11-7-4-8-12-23)16-15-22-9-5-3-6-10-22/h3-14,18,20H,15-17,19H2,1-2H3/t20-/m1/s1. The Morgan fingerprint density at radius 1 is 0.969 bits per heavy atom. The van der Waals surface area contributed by atoms with Crippen molar-refractivity contribution in [2.24, 2.45) is 0 Å². The second-order valence-electron chi connectivity index (χ2n) is 8.29. The molecular weight excluding hydrogens is 420 g/mol. The zero-order valence-electron chi connectivity index (χ0n) is 18.4. The Hall–Kier alpha value is -2.96. The first kappa shape index (κ1) is 22.2. The van der Waals surface area contributed by atoms with E-state index in [-0.39, 0.29) is 16.8 Å². The molecule has 0 spiro atoms. The number of sulfonamides is 1. The van der Waals surface area contributed by atoms with Crippen LogP contribution in [0.15, 0.2) is 83.8 Å². The minimum atomic E-state index is -3.72. The van der Waals surface area contributed by atoms with E-state index in [1.807, 2.05) is 67.6 Å². The minimum Gasteiger partial charge on any atom is -0.309 e. The SMILES string of the molecule is CC(=O)N1c2ccc(S(=O)(=O)N(CCc3ccccc3)Cc3ccccc3)cc2C[C@H]1C. The number of nitrogens with zero attached hydrogens (tertiary/aromatic N) is 2. The highest BCUT2D eigenvalue weighted by Gasteiger charge is 2.32. The van der Waals surface area contributed by atoms with Crippen LogP contribution in [0.1, 0.15) is 30.5 Å². The Labute approximate surface area is 190 Å². The van der Waals surface area contributed by atoms with E-state index in [9.17, 15) is 13.2 Å². The quantitative estimate of drug-likeness (QED) is 0.538. The largest absolute Gasteiger partial charge is 0.309 e. The summed E-state index contributed by atoms with van der Waals surface area (Å²) in [6.07, 6.45) is 1.29. The highest BCUT2D eigenvalue weighted by Crippen LogP contribution is 2.34. The average Bonchev–Trinajstić information content (AvgIpc) is 3.13. The summed E-state index contributed by atoms with van der Waals surface area (Å²) < 4.78 is 29.0. The maximum Gasteiger partial charge on any atom is 0.243 e. The number of amides is 1. The molecular formula is C26H28N2O3S. The van der Waals surface area contributed by atoms with Crippen LogP contribution in [0.4, 0.5) is 5.69 Å². The van der Waals surface area contributed by atoms with E-state index in [1.165, 1.54) is 0 Å². The van der Waals surface area contributed by atoms with Crippen molar-refractivity contribution in [1.82, 2.24) is 4.31 Å². The van der Waals surface area contributed by atoms with Gasteiger partial charge in [-0.1, -0.05) is 60.7 Å². The molecule has 0 N–H and O–H groups in total. The van der Waals surface area contributed by atoms with E-state index >= 15 is 0 Å². The van der Waals surface area contributed by atoms with Crippen molar-refractivity contribution >= 4 is 21.6 Å². The van der Waals surface area contributed by atoms with Crippen LogP contribution in [0, 0.1) is 0 Å². The van der Waals surface area contributed by atoms with Gasteiger partial charge in [-0.05, 0) is 54.7 Å². The smallest absolute Gasteiger partial charge is 0.243 e. The molecule has 1 aliphatic rings. The monoisotopic (exact) mass is 448 g/mol. The molecule has 4 rings (SSSR count). The van der Waals surface area contributed by atoms with Crippen LogP contribution in [0.3, 0.4) is 0 Å². The normalized spacial score (nSPS) is 15.7. The van der Waals surface area contributed by atoms with Crippen molar-refractivity contribution in [2.75, 3.05) is 11.4 Å². The van der Waals surface area contributed by atoms with E-state index in [1.54, 1.807) is 34.3 Å². The molecule has 0 saturated carbocycles. The van der Waals surface area contributed by atoms with Crippen LogP contribution in [0.2, 0.25) is 0 Å². The number of carbonyl (C=O) groups is 1. The third-order valence-electron chi connectivity index (χ3n) is 5.94. The summed E-state index contributed by atoms with van der Waals surface area (Å²) in [6.45, 7) is 4.22. The molecule has 3 aromatic rings. The van der Waals surface area contributed by atoms with Gasteiger partial charge in [0.2, 0.25) is 15.9 Å². The summed E-state index contributed by atoms with van der Waals surface area (Å²) in [4.78, 5) is 14.0. The lowest BCUT2D eigenvalue weighted by molar-refractivity contribution is -0.116. The third kappa shape index (κ3) is 4.61. The van der Waals surface area contributed by atoms with Crippen LogP contribution in [-0.4, -0.2) is 31.2 Å². The summed E-state index contributed by atoms with van der Waals surface area (Å²) in [5.74, 6) is -0.0274. The van der Waals surface area contributed by atoms with Gasteiger partial charge >= 0.3 is 0 Å². The van der Waals surface area contributed by atoms with Crippen molar-refractivity contribution in [2.45, 2.75) is 44.2 Å². The van der Waals surface area contributed by atoms with Crippen molar-refractivity contribution in [3.63, 3.8) is 0 Å². The predicted octanol–water partition coefficient (Wildman–Crippen LogP) is 4.42. The zero-order chi connectivity index (χ0) is 22.7. The van der Waals surface area contributed by atoms with Gasteiger partial charge in [0.1, 0.15) is 0 Å². The first-order chi connectivity index (χ1) is 15.4.